The van der Waals surface area contributed by atoms with Crippen LogP contribution in [0.5, 0.6) is 0 Å². The maximum atomic E-state index is 13.5. The molecule has 1 aromatic rings. The Bertz CT molecular complexity index is 544. The molecule has 19 heavy (non-hydrogen) atoms. The number of carbonyl (C=O) groups excluding carboxylic acids is 1. The van der Waals surface area contributed by atoms with Crippen LogP contribution in [0, 0.1) is 5.92 Å². The number of hydrogen-bond acceptors (Lipinski definition) is 3. The standard InChI is InChI=1S/C13H16FN3O2/c14-8-5-17(2-1-10(8)18)13(19)12-11-7-3-6(7)4-9(11)15-16-12/h6-8,10,18H,1-5H2,(H,15,16)/t6-,7-,8-,10+/m0/s1. The number of nitrogens with one attached hydrogen (secondary N) is 1. The number of amides is 1. The van der Waals surface area contributed by atoms with Crippen molar-refractivity contribution in [2.24, 2.45) is 5.92 Å². The molecule has 0 unspecified atom stereocenters. The molecule has 0 aromatic carbocycles. The number of likely N-dealkylation sites (tertiary alicyclic amines) is 1. The summed E-state index contributed by atoms with van der Waals surface area (Å²) in [5, 5.41) is 16.5. The van der Waals surface area contributed by atoms with E-state index >= 15 is 0 Å². The van der Waals surface area contributed by atoms with E-state index in [0.29, 0.717) is 30.5 Å². The number of alkyl halides is 1. The van der Waals surface area contributed by atoms with Crippen molar-refractivity contribution in [3.8, 4) is 0 Å². The van der Waals surface area contributed by atoms with Gasteiger partial charge in [0.25, 0.3) is 5.91 Å². The Hall–Kier alpha value is -1.43. The van der Waals surface area contributed by atoms with Crippen molar-refractivity contribution in [3.05, 3.63) is 17.0 Å². The number of aliphatic hydroxyl groups excluding tert-OH is 1. The number of aromatic amines is 1. The van der Waals surface area contributed by atoms with Crippen LogP contribution < -0.4 is 0 Å². The molecule has 2 heterocycles. The smallest absolute Gasteiger partial charge is 0.274 e. The SMILES string of the molecule is O=C(c1n[nH]c2c1[C@H]1C[C@H]1C2)N1CC[C@@H](O)[C@@H](F)C1. The Morgan fingerprint density at radius 1 is 1.53 bits per heavy atom. The third kappa shape index (κ3) is 1.62. The lowest BCUT2D eigenvalue weighted by molar-refractivity contribution is 0.00798. The summed E-state index contributed by atoms with van der Waals surface area (Å²) < 4.78 is 13.5. The zero-order chi connectivity index (χ0) is 13.1. The second-order valence-corrected chi connectivity index (χ2v) is 5.89. The first-order valence-corrected chi connectivity index (χ1v) is 6.83. The number of aliphatic hydroxyl groups is 1. The molecule has 0 bridgehead atoms. The summed E-state index contributed by atoms with van der Waals surface area (Å²) in [5.41, 5.74) is 2.62. The maximum absolute atomic E-state index is 13.5. The average molecular weight is 265 g/mol. The van der Waals surface area contributed by atoms with Crippen LogP contribution in [0.3, 0.4) is 0 Å². The molecule has 1 saturated carbocycles. The molecule has 2 fully saturated rings. The van der Waals surface area contributed by atoms with E-state index in [-0.39, 0.29) is 12.5 Å². The van der Waals surface area contributed by atoms with Crippen molar-refractivity contribution in [1.29, 1.82) is 0 Å². The molecule has 1 aromatic heterocycles. The van der Waals surface area contributed by atoms with Gasteiger partial charge < -0.3 is 10.0 Å². The molecule has 1 aliphatic heterocycles. The predicted octanol–water partition coefficient (Wildman–Crippen LogP) is 0.614. The monoisotopic (exact) mass is 265 g/mol. The fraction of sp³-hybridized carbons (Fsp3) is 0.692. The van der Waals surface area contributed by atoms with Crippen LogP contribution in [0.4, 0.5) is 4.39 Å². The van der Waals surface area contributed by atoms with Gasteiger partial charge in [-0.05, 0) is 31.1 Å². The third-order valence-electron chi connectivity index (χ3n) is 4.64. The van der Waals surface area contributed by atoms with Gasteiger partial charge in [0, 0.05) is 17.8 Å². The molecular weight excluding hydrogens is 249 g/mol. The highest BCUT2D eigenvalue weighted by molar-refractivity contribution is 5.94. The Labute approximate surface area is 109 Å². The van der Waals surface area contributed by atoms with Gasteiger partial charge in [-0.2, -0.15) is 5.10 Å². The normalized spacial score (nSPS) is 36.0. The fourth-order valence-corrected chi connectivity index (χ4v) is 3.42. The first-order chi connectivity index (χ1) is 9.15. The van der Waals surface area contributed by atoms with Crippen LogP contribution in [-0.2, 0) is 6.42 Å². The van der Waals surface area contributed by atoms with Crippen molar-refractivity contribution < 1.29 is 14.3 Å². The van der Waals surface area contributed by atoms with E-state index in [9.17, 15) is 14.3 Å². The van der Waals surface area contributed by atoms with Gasteiger partial charge in [0.1, 0.15) is 6.17 Å². The molecule has 2 N–H and O–H groups in total. The highest BCUT2D eigenvalue weighted by atomic mass is 19.1. The minimum atomic E-state index is -1.35. The lowest BCUT2D eigenvalue weighted by Gasteiger charge is -2.31. The first-order valence-electron chi connectivity index (χ1n) is 6.83. The maximum Gasteiger partial charge on any atom is 0.274 e. The predicted molar refractivity (Wildman–Crippen MR) is 64.6 cm³/mol. The van der Waals surface area contributed by atoms with Gasteiger partial charge in [-0.15, -0.1) is 0 Å². The van der Waals surface area contributed by atoms with Crippen LogP contribution in [0.1, 0.15) is 40.5 Å². The number of halogens is 1. The zero-order valence-electron chi connectivity index (χ0n) is 10.5. The zero-order valence-corrected chi connectivity index (χ0v) is 10.5. The number of nitrogens with zero attached hydrogens (tertiary/aromatic N) is 2. The van der Waals surface area contributed by atoms with Crippen molar-refractivity contribution in [3.63, 3.8) is 0 Å². The van der Waals surface area contributed by atoms with E-state index in [0.717, 1.165) is 24.1 Å². The summed E-state index contributed by atoms with van der Waals surface area (Å²) in [7, 11) is 0. The molecule has 4 atom stereocenters. The Kier molecular flexibility index (Phi) is 2.27. The van der Waals surface area contributed by atoms with Gasteiger partial charge in [-0.1, -0.05) is 0 Å². The van der Waals surface area contributed by atoms with E-state index in [1.54, 1.807) is 0 Å². The summed E-state index contributed by atoms with van der Waals surface area (Å²) in [6.45, 7) is 0.367. The summed E-state index contributed by atoms with van der Waals surface area (Å²) in [5.74, 6) is 0.983. The topological polar surface area (TPSA) is 69.2 Å². The average Bonchev–Trinajstić information content (AvgIpc) is 2.87. The number of H-pyrrole nitrogens is 1. The molecule has 3 aliphatic rings. The van der Waals surface area contributed by atoms with E-state index in [4.69, 9.17) is 0 Å². The van der Waals surface area contributed by atoms with Crippen LogP contribution in [0.2, 0.25) is 0 Å². The summed E-state index contributed by atoms with van der Waals surface area (Å²) >= 11 is 0. The van der Waals surface area contributed by atoms with Gasteiger partial charge in [-0.3, -0.25) is 9.89 Å². The van der Waals surface area contributed by atoms with Gasteiger partial charge in [-0.25, -0.2) is 4.39 Å². The molecule has 102 valence electrons. The molecule has 1 amide bonds. The molecule has 5 nitrogen and oxygen atoms in total. The Morgan fingerprint density at radius 2 is 2.37 bits per heavy atom. The van der Waals surface area contributed by atoms with Crippen molar-refractivity contribution >= 4 is 5.91 Å². The highest BCUT2D eigenvalue weighted by Crippen LogP contribution is 2.56. The molecule has 1 saturated heterocycles. The quantitative estimate of drug-likeness (QED) is 0.782. The lowest BCUT2D eigenvalue weighted by Crippen LogP contribution is -2.47. The number of carbonyl (C=O) groups is 1. The molecule has 0 radical (unpaired) electrons. The molecule has 0 spiro atoms. The van der Waals surface area contributed by atoms with Gasteiger partial charge in [0.15, 0.2) is 5.69 Å². The Morgan fingerprint density at radius 3 is 3.16 bits per heavy atom. The molecular formula is C13H16FN3O2. The van der Waals surface area contributed by atoms with E-state index in [1.165, 1.54) is 4.90 Å². The largest absolute Gasteiger partial charge is 0.390 e. The van der Waals surface area contributed by atoms with Crippen molar-refractivity contribution in [2.75, 3.05) is 13.1 Å². The molecule has 2 aliphatic carbocycles. The van der Waals surface area contributed by atoms with E-state index in [2.05, 4.69) is 10.2 Å². The highest BCUT2D eigenvalue weighted by Gasteiger charge is 2.49. The van der Waals surface area contributed by atoms with Crippen molar-refractivity contribution in [1.82, 2.24) is 15.1 Å². The third-order valence-corrected chi connectivity index (χ3v) is 4.64. The van der Waals surface area contributed by atoms with Crippen LogP contribution >= 0.6 is 0 Å². The van der Waals surface area contributed by atoms with Gasteiger partial charge >= 0.3 is 0 Å². The summed E-state index contributed by atoms with van der Waals surface area (Å²) in [6, 6.07) is 0. The van der Waals surface area contributed by atoms with Gasteiger partial charge in [0.2, 0.25) is 0 Å². The van der Waals surface area contributed by atoms with Crippen LogP contribution in [0.25, 0.3) is 0 Å². The van der Waals surface area contributed by atoms with Gasteiger partial charge in [0.05, 0.1) is 12.6 Å². The van der Waals surface area contributed by atoms with E-state index in [1.807, 2.05) is 0 Å². The van der Waals surface area contributed by atoms with Crippen LogP contribution in [0.15, 0.2) is 0 Å². The minimum Gasteiger partial charge on any atom is -0.390 e. The lowest BCUT2D eigenvalue weighted by atomic mass is 10.0. The van der Waals surface area contributed by atoms with Crippen LogP contribution in [-0.4, -0.2) is 51.5 Å². The number of aromatic nitrogens is 2. The number of piperidine rings is 1. The summed E-state index contributed by atoms with van der Waals surface area (Å²) in [6.07, 6.45) is 0.147. The molecule has 6 heteroatoms. The fourth-order valence-electron chi connectivity index (χ4n) is 3.42. The van der Waals surface area contributed by atoms with Crippen molar-refractivity contribution in [2.45, 2.75) is 37.5 Å². The first kappa shape index (κ1) is 11.4. The van der Waals surface area contributed by atoms with E-state index < -0.39 is 12.3 Å². The molecule has 4 rings (SSSR count). The Balaban J connectivity index is 1.58. The number of hydrogen-bond donors (Lipinski definition) is 2. The summed E-state index contributed by atoms with van der Waals surface area (Å²) in [4.78, 5) is 13.9. The minimum absolute atomic E-state index is 0.0320. The number of fused-ring (bicyclic) bond motifs is 3. The second kappa shape index (κ2) is 3.79. The second-order valence-electron chi connectivity index (χ2n) is 5.89. The number of rotatable bonds is 1.